The van der Waals surface area contributed by atoms with E-state index in [1.807, 2.05) is 105 Å². The van der Waals surface area contributed by atoms with E-state index in [0.717, 1.165) is 44.3 Å². The van der Waals surface area contributed by atoms with Crippen molar-refractivity contribution >= 4 is 31.3 Å². The fourth-order valence-electron chi connectivity index (χ4n) is 9.08. The summed E-state index contributed by atoms with van der Waals surface area (Å²) >= 11 is 0. The molecule has 0 aromatic heterocycles. The van der Waals surface area contributed by atoms with Crippen LogP contribution in [0.5, 0.6) is 11.5 Å². The van der Waals surface area contributed by atoms with Crippen LogP contribution >= 0.6 is 0 Å². The maximum absolute atomic E-state index is 14.5. The van der Waals surface area contributed by atoms with Crippen LogP contribution in [-0.4, -0.2) is 44.4 Å². The van der Waals surface area contributed by atoms with Gasteiger partial charge in [-0.05, 0) is 141 Å². The lowest BCUT2D eigenvalue weighted by Gasteiger charge is -2.44. The summed E-state index contributed by atoms with van der Waals surface area (Å²) in [6, 6.07) is 29.5. The lowest BCUT2D eigenvalue weighted by molar-refractivity contribution is -0.0823. The van der Waals surface area contributed by atoms with Crippen molar-refractivity contribution in [1.82, 2.24) is 0 Å². The number of rotatable bonds is 13. The summed E-state index contributed by atoms with van der Waals surface area (Å²) in [7, 11) is -3.18. The summed E-state index contributed by atoms with van der Waals surface area (Å²) in [4.78, 5) is 3.75. The summed E-state index contributed by atoms with van der Waals surface area (Å²) in [5.74, 6) is 1.14. The van der Waals surface area contributed by atoms with E-state index in [2.05, 4.69) is 69.0 Å². The van der Waals surface area contributed by atoms with Crippen molar-refractivity contribution < 1.29 is 31.9 Å². The Morgan fingerprint density at radius 1 is 0.714 bits per heavy atom. The average Bonchev–Trinajstić information content (AvgIpc) is 3.43. The second kappa shape index (κ2) is 16.6. The van der Waals surface area contributed by atoms with Crippen molar-refractivity contribution in [1.29, 1.82) is 0 Å². The molecular weight excluding hydrogens is 806 g/mol. The zero-order chi connectivity index (χ0) is 45.8. The molecule has 0 saturated carbocycles. The maximum Gasteiger partial charge on any atom is 0.502 e. The van der Waals surface area contributed by atoms with Crippen molar-refractivity contribution in [2.75, 3.05) is 13.2 Å². The van der Waals surface area contributed by atoms with E-state index in [1.165, 1.54) is 23.3 Å². The molecule has 0 N–H and O–H groups in total. The number of halogens is 1. The summed E-state index contributed by atoms with van der Waals surface area (Å²) < 4.78 is 54.7. The van der Waals surface area contributed by atoms with Gasteiger partial charge in [-0.15, -0.1) is 0 Å². The van der Waals surface area contributed by atoms with Crippen LogP contribution in [0.15, 0.2) is 97.1 Å². The largest absolute Gasteiger partial charge is 0.502 e. The molecule has 0 amide bonds. The molecule has 0 fully saturated rings. The van der Waals surface area contributed by atoms with Crippen LogP contribution in [0.25, 0.3) is 32.8 Å². The van der Waals surface area contributed by atoms with E-state index in [1.54, 1.807) is 12.1 Å². The van der Waals surface area contributed by atoms with E-state index in [9.17, 15) is 4.39 Å². The molecule has 2 aliphatic rings. The molecule has 1 atom stereocenters. The van der Waals surface area contributed by atoms with Crippen molar-refractivity contribution in [2.45, 2.75) is 136 Å². The molecular formula is C54H64FNO6Si. The van der Waals surface area contributed by atoms with Crippen molar-refractivity contribution in [3.63, 3.8) is 0 Å². The van der Waals surface area contributed by atoms with Gasteiger partial charge in [-0.3, -0.25) is 0 Å². The average molecular weight is 870 g/mol. The minimum absolute atomic E-state index is 0.319. The first-order valence-electron chi connectivity index (χ1n) is 22.1. The number of nitrogens with zero attached hydrogens (tertiary/aromatic N) is 1. The first-order valence-corrected chi connectivity index (χ1v) is 24.0. The first kappa shape index (κ1) is 46.2. The number of fused-ring (bicyclic) bond motifs is 8. The van der Waals surface area contributed by atoms with Crippen LogP contribution in [-0.2, 0) is 29.0 Å². The molecule has 0 bridgehead atoms. The predicted octanol–water partition coefficient (Wildman–Crippen LogP) is 14.1. The highest BCUT2D eigenvalue weighted by Crippen LogP contribution is 2.58. The SMILES string of the molecule is [C-]#[N+]c1ccc2c(c1)C(C)(C)c1c3c(c4ccccc4c1-2)OC(c1ccc(F)cc1)(c1ccc(OCCOC(C)(C)CC[Si](OC(C)(C)C)(OC(C)(C)C)OC(C)(C)C)cc1)C=C3. The first-order chi connectivity index (χ1) is 29.3. The third-order valence-corrected chi connectivity index (χ3v) is 15.1. The minimum Gasteiger partial charge on any atom is -0.491 e. The van der Waals surface area contributed by atoms with Crippen LogP contribution in [0, 0.1) is 12.4 Å². The maximum atomic E-state index is 14.5. The van der Waals surface area contributed by atoms with E-state index >= 15 is 0 Å². The van der Waals surface area contributed by atoms with Gasteiger partial charge in [0.15, 0.2) is 11.3 Å². The molecule has 63 heavy (non-hydrogen) atoms. The van der Waals surface area contributed by atoms with Crippen molar-refractivity contribution in [2.24, 2.45) is 0 Å². The molecule has 5 aromatic rings. The molecule has 1 heterocycles. The van der Waals surface area contributed by atoms with Crippen LogP contribution in [0.1, 0.15) is 124 Å². The van der Waals surface area contributed by atoms with E-state index in [4.69, 9.17) is 34.1 Å². The van der Waals surface area contributed by atoms with Gasteiger partial charge in [0.25, 0.3) is 0 Å². The zero-order valence-corrected chi connectivity index (χ0v) is 40.4. The van der Waals surface area contributed by atoms with Crippen molar-refractivity contribution in [3.8, 4) is 22.6 Å². The molecule has 9 heteroatoms. The molecule has 0 saturated heterocycles. The Morgan fingerprint density at radius 2 is 1.29 bits per heavy atom. The quantitative estimate of drug-likeness (QED) is 0.0667. The van der Waals surface area contributed by atoms with Gasteiger partial charge in [-0.25, -0.2) is 9.24 Å². The Balaban J connectivity index is 1.12. The number of hydrogen-bond donors (Lipinski definition) is 0. The molecule has 0 radical (unpaired) electrons. The molecule has 7 rings (SSSR count). The van der Waals surface area contributed by atoms with Crippen molar-refractivity contribution in [3.05, 3.63) is 142 Å². The van der Waals surface area contributed by atoms with Gasteiger partial charge in [-0.2, -0.15) is 0 Å². The standard InChI is InChI=1S/C54H64FNO6Si/c1-49(2,3)60-63(61-50(4,5)6,62-51(7,8)9)34-31-52(10,11)58-33-32-57-40-26-21-37(22-27-40)54(36-19-23-38(55)24-20-36)30-29-44-47-46(41-17-15-16-18-42(41)48(44)59-54)43-28-25-39(56-14)35-45(43)53(47,12)13/h15-30,35H,31-34H2,1-13H3. The molecule has 1 aliphatic carbocycles. The van der Waals surface area contributed by atoms with E-state index < -0.39 is 42.2 Å². The van der Waals surface area contributed by atoms with Gasteiger partial charge in [0.2, 0.25) is 0 Å². The fraction of sp³-hybridized carbons (Fsp3) is 0.426. The second-order valence-electron chi connectivity index (χ2n) is 21.0. The molecule has 0 spiro atoms. The molecule has 7 nitrogen and oxygen atoms in total. The molecule has 1 unspecified atom stereocenters. The number of hydrogen-bond acceptors (Lipinski definition) is 6. The molecule has 5 aromatic carbocycles. The highest BCUT2D eigenvalue weighted by Gasteiger charge is 2.51. The molecule has 332 valence electrons. The third kappa shape index (κ3) is 9.81. The Hall–Kier alpha value is -4.82. The highest BCUT2D eigenvalue weighted by molar-refractivity contribution is 6.61. The summed E-state index contributed by atoms with van der Waals surface area (Å²) in [6.45, 7) is 35.4. The van der Waals surface area contributed by atoms with Gasteiger partial charge in [0.1, 0.15) is 23.9 Å². The highest BCUT2D eigenvalue weighted by atomic mass is 28.4. The summed E-state index contributed by atoms with van der Waals surface area (Å²) in [6.07, 6.45) is 4.94. The Labute approximate surface area is 375 Å². The predicted molar refractivity (Wildman–Crippen MR) is 254 cm³/mol. The fourth-order valence-corrected chi connectivity index (χ4v) is 13.2. The van der Waals surface area contributed by atoms with E-state index in [-0.39, 0.29) is 5.82 Å². The second-order valence-corrected chi connectivity index (χ2v) is 23.5. The number of benzene rings is 5. The Bertz CT molecular complexity index is 2510. The van der Waals surface area contributed by atoms with Gasteiger partial charge < -0.3 is 27.5 Å². The monoisotopic (exact) mass is 869 g/mol. The Morgan fingerprint density at radius 3 is 1.86 bits per heavy atom. The van der Waals surface area contributed by atoms with Gasteiger partial charge in [-0.1, -0.05) is 86.7 Å². The number of ether oxygens (including phenoxy) is 3. The van der Waals surface area contributed by atoms with Crippen LogP contribution in [0.3, 0.4) is 0 Å². The smallest absolute Gasteiger partial charge is 0.491 e. The minimum atomic E-state index is -3.18. The van der Waals surface area contributed by atoms with E-state index in [0.29, 0.717) is 37.1 Å². The van der Waals surface area contributed by atoms with Crippen LogP contribution < -0.4 is 9.47 Å². The van der Waals surface area contributed by atoms with Gasteiger partial charge in [0.05, 0.1) is 35.6 Å². The normalized spacial score (nSPS) is 17.2. The van der Waals surface area contributed by atoms with Crippen LogP contribution in [0.2, 0.25) is 6.04 Å². The zero-order valence-electron chi connectivity index (χ0n) is 39.4. The van der Waals surface area contributed by atoms with Gasteiger partial charge in [0, 0.05) is 33.5 Å². The lowest BCUT2D eigenvalue weighted by atomic mass is 9.76. The lowest BCUT2D eigenvalue weighted by Crippen LogP contribution is -2.57. The van der Waals surface area contributed by atoms with Crippen LogP contribution in [0.4, 0.5) is 10.1 Å². The summed E-state index contributed by atoms with van der Waals surface area (Å²) in [5, 5.41) is 2.07. The van der Waals surface area contributed by atoms with Gasteiger partial charge >= 0.3 is 8.80 Å². The molecule has 1 aliphatic heterocycles. The third-order valence-electron chi connectivity index (χ3n) is 11.5. The Kier molecular flexibility index (Phi) is 12.2. The summed E-state index contributed by atoms with van der Waals surface area (Å²) in [5.41, 5.74) is 4.58. The topological polar surface area (TPSA) is 59.7 Å².